The fraction of sp³-hybridized carbons (Fsp3) is 0.167. The first-order valence-electron chi connectivity index (χ1n) is 7.85. The van der Waals surface area contributed by atoms with Gasteiger partial charge in [0.05, 0.1) is 25.3 Å². The van der Waals surface area contributed by atoms with Crippen molar-refractivity contribution in [3.63, 3.8) is 0 Å². The average Bonchev–Trinajstić information content (AvgIpc) is 3.21. The van der Waals surface area contributed by atoms with E-state index >= 15 is 0 Å². The number of nitrogens with one attached hydrogen (secondary N) is 1. The summed E-state index contributed by atoms with van der Waals surface area (Å²) in [6, 6.07) is 15.7. The van der Waals surface area contributed by atoms with Crippen molar-refractivity contribution in [3.8, 4) is 17.5 Å². The van der Waals surface area contributed by atoms with E-state index in [1.165, 1.54) is 18.1 Å². The summed E-state index contributed by atoms with van der Waals surface area (Å²) in [5.41, 5.74) is 2.24. The van der Waals surface area contributed by atoms with Gasteiger partial charge in [0.1, 0.15) is 18.1 Å². The lowest BCUT2D eigenvalue weighted by atomic mass is 10.1. The first-order chi connectivity index (χ1) is 12.7. The molecule has 2 aromatic carbocycles. The molecule has 0 aliphatic carbocycles. The second-order valence-electron chi connectivity index (χ2n) is 5.47. The number of nitriles is 1. The molecule has 0 saturated carbocycles. The summed E-state index contributed by atoms with van der Waals surface area (Å²) in [5, 5.41) is 23.1. The van der Waals surface area contributed by atoms with Gasteiger partial charge in [-0.15, -0.1) is 5.10 Å². The number of methoxy groups -OCH3 is 1. The van der Waals surface area contributed by atoms with Crippen molar-refractivity contribution in [1.29, 1.82) is 5.26 Å². The highest BCUT2D eigenvalue weighted by Crippen LogP contribution is 2.24. The summed E-state index contributed by atoms with van der Waals surface area (Å²) in [5.74, 6) is 0.308. The summed E-state index contributed by atoms with van der Waals surface area (Å²) in [7, 11) is 1.53. The number of carbonyl (C=O) groups excluding carboxylic acids is 1. The van der Waals surface area contributed by atoms with Gasteiger partial charge in [-0.25, -0.2) is 4.68 Å². The van der Waals surface area contributed by atoms with E-state index in [2.05, 4.69) is 26.9 Å². The van der Waals surface area contributed by atoms with Crippen molar-refractivity contribution >= 4 is 5.91 Å². The summed E-state index contributed by atoms with van der Waals surface area (Å²) >= 11 is 0. The van der Waals surface area contributed by atoms with E-state index < -0.39 is 6.04 Å². The molecule has 3 aromatic rings. The zero-order valence-electron chi connectivity index (χ0n) is 14.0. The van der Waals surface area contributed by atoms with Crippen LogP contribution in [0.4, 0.5) is 0 Å². The summed E-state index contributed by atoms with van der Waals surface area (Å²) in [6.45, 7) is 0. The van der Waals surface area contributed by atoms with Crippen molar-refractivity contribution in [2.75, 3.05) is 7.11 Å². The van der Waals surface area contributed by atoms with Gasteiger partial charge in [0.15, 0.2) is 0 Å². The molecule has 1 aromatic heterocycles. The number of hydrogen-bond donors (Lipinski definition) is 1. The van der Waals surface area contributed by atoms with E-state index in [4.69, 9.17) is 4.74 Å². The molecule has 130 valence electrons. The first-order valence-corrected chi connectivity index (χ1v) is 7.85. The standard InChI is InChI=1S/C18H16N6O2/c1-26-17-5-3-2-4-15(17)16(11-19)21-18(25)10-13-6-8-14(9-7-13)24-12-20-22-23-24/h2-9,12,16H,10H2,1H3,(H,21,25). The Kier molecular flexibility index (Phi) is 5.19. The topological polar surface area (TPSA) is 106 Å². The minimum absolute atomic E-state index is 0.156. The Bertz CT molecular complexity index is 916. The zero-order chi connectivity index (χ0) is 18.4. The third-order valence-corrected chi connectivity index (χ3v) is 3.80. The van der Waals surface area contributed by atoms with Crippen LogP contribution in [0.3, 0.4) is 0 Å². The molecule has 0 fully saturated rings. The SMILES string of the molecule is COc1ccccc1C(C#N)NC(=O)Cc1ccc(-n2cnnn2)cc1. The molecule has 0 saturated heterocycles. The molecule has 1 unspecified atom stereocenters. The predicted molar refractivity (Wildman–Crippen MR) is 92.3 cm³/mol. The van der Waals surface area contributed by atoms with Gasteiger partial charge in [-0.2, -0.15) is 5.26 Å². The van der Waals surface area contributed by atoms with Gasteiger partial charge in [0, 0.05) is 5.56 Å². The van der Waals surface area contributed by atoms with Crippen molar-refractivity contribution in [1.82, 2.24) is 25.5 Å². The molecule has 1 heterocycles. The third kappa shape index (κ3) is 3.84. The zero-order valence-corrected chi connectivity index (χ0v) is 14.0. The van der Waals surface area contributed by atoms with Crippen LogP contribution >= 0.6 is 0 Å². The monoisotopic (exact) mass is 348 g/mol. The lowest BCUT2D eigenvalue weighted by Crippen LogP contribution is -2.29. The van der Waals surface area contributed by atoms with Crippen LogP contribution in [-0.2, 0) is 11.2 Å². The maximum atomic E-state index is 12.3. The van der Waals surface area contributed by atoms with E-state index in [0.29, 0.717) is 11.3 Å². The van der Waals surface area contributed by atoms with Crippen LogP contribution in [0.25, 0.3) is 5.69 Å². The number of amides is 1. The number of rotatable bonds is 6. The van der Waals surface area contributed by atoms with Crippen LogP contribution < -0.4 is 10.1 Å². The van der Waals surface area contributed by atoms with E-state index in [1.54, 1.807) is 18.2 Å². The molecule has 8 heteroatoms. The first kappa shape index (κ1) is 17.1. The Hall–Kier alpha value is -3.73. The highest BCUT2D eigenvalue weighted by molar-refractivity contribution is 5.79. The minimum Gasteiger partial charge on any atom is -0.496 e. The summed E-state index contributed by atoms with van der Waals surface area (Å²) < 4.78 is 6.78. The molecule has 1 atom stereocenters. The number of aromatic nitrogens is 4. The second kappa shape index (κ2) is 7.90. The van der Waals surface area contributed by atoms with Gasteiger partial charge in [-0.1, -0.05) is 30.3 Å². The lowest BCUT2D eigenvalue weighted by Gasteiger charge is -2.15. The number of para-hydroxylation sites is 1. The summed E-state index contributed by atoms with van der Waals surface area (Å²) in [4.78, 5) is 12.3. The van der Waals surface area contributed by atoms with Crippen LogP contribution in [0.2, 0.25) is 0 Å². The van der Waals surface area contributed by atoms with Gasteiger partial charge in [-0.05, 0) is 34.2 Å². The van der Waals surface area contributed by atoms with Crippen molar-refractivity contribution in [2.45, 2.75) is 12.5 Å². The third-order valence-electron chi connectivity index (χ3n) is 3.80. The minimum atomic E-state index is -0.779. The molecule has 8 nitrogen and oxygen atoms in total. The van der Waals surface area contributed by atoms with Gasteiger partial charge in [0.25, 0.3) is 0 Å². The fourth-order valence-corrected chi connectivity index (χ4v) is 2.53. The molecule has 26 heavy (non-hydrogen) atoms. The molecule has 3 rings (SSSR count). The Morgan fingerprint density at radius 2 is 2.04 bits per heavy atom. The molecule has 0 aliphatic rings. The van der Waals surface area contributed by atoms with Crippen molar-refractivity contribution in [3.05, 3.63) is 66.0 Å². The van der Waals surface area contributed by atoms with E-state index in [1.807, 2.05) is 30.3 Å². The fourth-order valence-electron chi connectivity index (χ4n) is 2.53. The number of hydrogen-bond acceptors (Lipinski definition) is 6. The van der Waals surface area contributed by atoms with E-state index in [0.717, 1.165) is 11.3 Å². The van der Waals surface area contributed by atoms with Crippen LogP contribution in [0.1, 0.15) is 17.2 Å². The van der Waals surface area contributed by atoms with Crippen molar-refractivity contribution < 1.29 is 9.53 Å². The van der Waals surface area contributed by atoms with Gasteiger partial charge in [0.2, 0.25) is 5.91 Å². The second-order valence-corrected chi connectivity index (χ2v) is 5.47. The quantitative estimate of drug-likeness (QED) is 0.725. The Balaban J connectivity index is 1.67. The highest BCUT2D eigenvalue weighted by Gasteiger charge is 2.17. The van der Waals surface area contributed by atoms with Crippen LogP contribution in [0.5, 0.6) is 5.75 Å². The number of nitrogens with zero attached hydrogens (tertiary/aromatic N) is 5. The molecular formula is C18H16N6O2. The highest BCUT2D eigenvalue weighted by atomic mass is 16.5. The molecular weight excluding hydrogens is 332 g/mol. The van der Waals surface area contributed by atoms with Crippen LogP contribution in [0, 0.1) is 11.3 Å². The smallest absolute Gasteiger partial charge is 0.225 e. The Morgan fingerprint density at radius 3 is 2.69 bits per heavy atom. The van der Waals surface area contributed by atoms with E-state index in [-0.39, 0.29) is 12.3 Å². The predicted octanol–water partition coefficient (Wildman–Crippen LogP) is 1.59. The maximum absolute atomic E-state index is 12.3. The van der Waals surface area contributed by atoms with Crippen LogP contribution in [-0.4, -0.2) is 33.2 Å². The van der Waals surface area contributed by atoms with Gasteiger partial charge >= 0.3 is 0 Å². The maximum Gasteiger partial charge on any atom is 0.225 e. The molecule has 0 aliphatic heterocycles. The molecule has 1 N–H and O–H groups in total. The van der Waals surface area contributed by atoms with Gasteiger partial charge in [-0.3, -0.25) is 4.79 Å². The number of ether oxygens (including phenoxy) is 1. The number of tetrazole rings is 1. The Morgan fingerprint density at radius 1 is 1.27 bits per heavy atom. The number of benzene rings is 2. The lowest BCUT2D eigenvalue weighted by molar-refractivity contribution is -0.120. The Labute approximate surface area is 150 Å². The molecule has 0 spiro atoms. The number of carbonyl (C=O) groups is 1. The molecule has 0 bridgehead atoms. The molecule has 1 amide bonds. The van der Waals surface area contributed by atoms with Crippen LogP contribution in [0.15, 0.2) is 54.9 Å². The average molecular weight is 348 g/mol. The summed E-state index contributed by atoms with van der Waals surface area (Å²) in [6.07, 6.45) is 1.65. The van der Waals surface area contributed by atoms with Crippen molar-refractivity contribution in [2.24, 2.45) is 0 Å². The van der Waals surface area contributed by atoms with E-state index in [9.17, 15) is 10.1 Å². The van der Waals surface area contributed by atoms with Gasteiger partial charge < -0.3 is 10.1 Å². The normalized spacial score (nSPS) is 11.4. The molecule has 0 radical (unpaired) electrons. The largest absolute Gasteiger partial charge is 0.496 e.